The molecule has 0 aromatic carbocycles. The molecule has 0 saturated carbocycles. The van der Waals surface area contributed by atoms with Gasteiger partial charge in [0.15, 0.2) is 0 Å². The molecule has 6 nitrogen and oxygen atoms in total. The Balaban J connectivity index is 1.88. The minimum atomic E-state index is -2.79. The summed E-state index contributed by atoms with van der Waals surface area (Å²) in [6, 6.07) is 1.65. The summed E-state index contributed by atoms with van der Waals surface area (Å²) in [6.07, 6.45) is 3.08. The van der Waals surface area contributed by atoms with Crippen LogP contribution in [-0.4, -0.2) is 35.2 Å². The monoisotopic (exact) mass is 369 g/mol. The molecule has 3 heterocycles. The summed E-state index contributed by atoms with van der Waals surface area (Å²) >= 11 is 1.50. The van der Waals surface area contributed by atoms with E-state index in [1.165, 1.54) is 11.3 Å². The molecule has 1 amide bonds. The van der Waals surface area contributed by atoms with Crippen LogP contribution in [0, 0.1) is 6.92 Å². The fourth-order valence-corrected chi connectivity index (χ4v) is 3.55. The van der Waals surface area contributed by atoms with E-state index >= 15 is 0 Å². The Labute approximate surface area is 147 Å². The molecule has 0 aliphatic carbocycles. The van der Waals surface area contributed by atoms with Gasteiger partial charge in [-0.2, -0.15) is 8.78 Å². The Hall–Kier alpha value is -2.13. The van der Waals surface area contributed by atoms with Crippen LogP contribution in [-0.2, 0) is 11.2 Å². The number of amides is 1. The number of nitrogens with zero attached hydrogens (tertiary/aromatic N) is 2. The van der Waals surface area contributed by atoms with Crippen molar-refractivity contribution < 1.29 is 23.0 Å². The summed E-state index contributed by atoms with van der Waals surface area (Å²) in [6.45, 7) is -1.00. The molecule has 2 aromatic heterocycles. The topological polar surface area (TPSA) is 87.3 Å². The highest BCUT2D eigenvalue weighted by Gasteiger charge is 2.26. The zero-order valence-corrected chi connectivity index (χ0v) is 14.3. The summed E-state index contributed by atoms with van der Waals surface area (Å²) < 4.78 is 34.3. The fourth-order valence-electron chi connectivity index (χ4n) is 2.73. The zero-order chi connectivity index (χ0) is 18.0. The van der Waals surface area contributed by atoms with Crippen LogP contribution in [0.2, 0.25) is 0 Å². The lowest BCUT2D eigenvalue weighted by Crippen LogP contribution is -2.27. The van der Waals surface area contributed by atoms with Crippen LogP contribution in [0.15, 0.2) is 12.3 Å². The van der Waals surface area contributed by atoms with Crippen LogP contribution in [0.1, 0.15) is 33.9 Å². The van der Waals surface area contributed by atoms with Gasteiger partial charge in [-0.3, -0.25) is 4.79 Å². The maximum Gasteiger partial charge on any atom is 0.345 e. The average molecular weight is 369 g/mol. The first-order chi connectivity index (χ1) is 11.9. The van der Waals surface area contributed by atoms with Crippen molar-refractivity contribution in [3.05, 3.63) is 28.5 Å². The van der Waals surface area contributed by atoms with Gasteiger partial charge in [-0.15, -0.1) is 11.3 Å². The van der Waals surface area contributed by atoms with Gasteiger partial charge >= 0.3 is 6.61 Å². The van der Waals surface area contributed by atoms with Gasteiger partial charge in [0.1, 0.15) is 11.8 Å². The third kappa shape index (κ3) is 4.10. The number of alkyl halides is 2. The molecular formula is C16H17F2N3O3S. The quantitative estimate of drug-likeness (QED) is 0.846. The molecule has 3 rings (SSSR count). The van der Waals surface area contributed by atoms with Crippen LogP contribution in [0.5, 0.6) is 5.88 Å². The minimum Gasteiger partial charge on any atom is -0.474 e. The summed E-state index contributed by atoms with van der Waals surface area (Å²) in [5, 5.41) is 0.903. The van der Waals surface area contributed by atoms with Crippen LogP contribution in [0.3, 0.4) is 0 Å². The van der Waals surface area contributed by atoms with Crippen molar-refractivity contribution in [3.63, 3.8) is 0 Å². The van der Waals surface area contributed by atoms with E-state index in [0.717, 1.165) is 21.0 Å². The second-order valence-electron chi connectivity index (χ2n) is 5.65. The third-order valence-corrected chi connectivity index (χ3v) is 4.85. The largest absolute Gasteiger partial charge is 0.474 e. The number of pyridine rings is 1. The number of thiazole rings is 1. The highest BCUT2D eigenvalue weighted by atomic mass is 32.1. The first-order valence-electron chi connectivity index (χ1n) is 7.77. The maximum atomic E-state index is 12.1. The van der Waals surface area contributed by atoms with Gasteiger partial charge in [0.2, 0.25) is 5.88 Å². The smallest absolute Gasteiger partial charge is 0.345 e. The molecule has 0 bridgehead atoms. The van der Waals surface area contributed by atoms with E-state index in [9.17, 15) is 13.6 Å². The Morgan fingerprint density at radius 2 is 2.36 bits per heavy atom. The van der Waals surface area contributed by atoms with Gasteiger partial charge in [-0.05, 0) is 25.8 Å². The lowest BCUT2D eigenvalue weighted by molar-refractivity contribution is -0.133. The molecule has 2 aromatic rings. The fraction of sp³-hybridized carbons (Fsp3) is 0.438. The summed E-state index contributed by atoms with van der Waals surface area (Å²) in [5.74, 6) is -0.331. The summed E-state index contributed by atoms with van der Waals surface area (Å²) in [4.78, 5) is 20.9. The summed E-state index contributed by atoms with van der Waals surface area (Å²) in [5.41, 5.74) is 7.18. The Bertz CT molecular complexity index is 782. The molecule has 0 radical (unpaired) electrons. The van der Waals surface area contributed by atoms with E-state index in [-0.39, 0.29) is 18.4 Å². The van der Waals surface area contributed by atoms with Crippen LogP contribution in [0.4, 0.5) is 8.78 Å². The number of hydrogen-bond acceptors (Lipinski definition) is 6. The van der Waals surface area contributed by atoms with Crippen molar-refractivity contribution in [1.29, 1.82) is 0 Å². The normalized spacial score (nSPS) is 16.6. The lowest BCUT2D eigenvalue weighted by atomic mass is 9.97. The minimum absolute atomic E-state index is 0.101. The SMILES string of the molecule is Cc1ncc(-c2cc(C(N)=O)nc3c2CC[C@H](CCOC(F)F)O3)s1. The Morgan fingerprint density at radius 3 is 3.00 bits per heavy atom. The van der Waals surface area contributed by atoms with Crippen LogP contribution < -0.4 is 10.5 Å². The number of ether oxygens (including phenoxy) is 2. The number of carbonyl (C=O) groups excluding carboxylic acids is 1. The summed E-state index contributed by atoms with van der Waals surface area (Å²) in [7, 11) is 0. The predicted molar refractivity (Wildman–Crippen MR) is 87.9 cm³/mol. The number of rotatable bonds is 6. The van der Waals surface area contributed by atoms with Gasteiger partial charge in [-0.1, -0.05) is 0 Å². The number of carbonyl (C=O) groups is 1. The van der Waals surface area contributed by atoms with Gasteiger partial charge < -0.3 is 15.2 Å². The van der Waals surface area contributed by atoms with Crippen molar-refractivity contribution in [2.45, 2.75) is 38.9 Å². The van der Waals surface area contributed by atoms with Crippen molar-refractivity contribution in [1.82, 2.24) is 9.97 Å². The number of halogens is 2. The number of aromatic nitrogens is 2. The van der Waals surface area contributed by atoms with Crippen molar-refractivity contribution in [2.24, 2.45) is 5.73 Å². The van der Waals surface area contributed by atoms with E-state index in [1.807, 2.05) is 6.92 Å². The molecule has 134 valence electrons. The lowest BCUT2D eigenvalue weighted by Gasteiger charge is -2.26. The Kier molecular flexibility index (Phi) is 5.24. The average Bonchev–Trinajstić information content (AvgIpc) is 2.99. The number of nitrogens with two attached hydrogens (primary N) is 1. The maximum absolute atomic E-state index is 12.1. The molecule has 1 aliphatic rings. The molecular weight excluding hydrogens is 352 g/mol. The molecule has 9 heteroatoms. The Morgan fingerprint density at radius 1 is 1.56 bits per heavy atom. The number of hydrogen-bond donors (Lipinski definition) is 1. The second kappa shape index (κ2) is 7.40. The number of fused-ring (bicyclic) bond motifs is 1. The van der Waals surface area contributed by atoms with Gasteiger partial charge in [-0.25, -0.2) is 9.97 Å². The zero-order valence-electron chi connectivity index (χ0n) is 13.5. The van der Waals surface area contributed by atoms with Crippen molar-refractivity contribution >= 4 is 17.2 Å². The van der Waals surface area contributed by atoms with Gasteiger partial charge in [0, 0.05) is 23.7 Å². The first-order valence-corrected chi connectivity index (χ1v) is 8.58. The molecule has 1 atom stereocenters. The predicted octanol–water partition coefficient (Wildman–Crippen LogP) is 2.94. The van der Waals surface area contributed by atoms with Crippen molar-refractivity contribution in [3.8, 4) is 16.3 Å². The van der Waals surface area contributed by atoms with E-state index in [1.54, 1.807) is 12.3 Å². The van der Waals surface area contributed by atoms with E-state index in [0.29, 0.717) is 25.1 Å². The molecule has 0 fully saturated rings. The van der Waals surface area contributed by atoms with E-state index in [2.05, 4.69) is 14.7 Å². The molecule has 0 unspecified atom stereocenters. The van der Waals surface area contributed by atoms with Gasteiger partial charge in [0.05, 0.1) is 16.5 Å². The number of aryl methyl sites for hydroxylation is 1. The molecule has 0 spiro atoms. The van der Waals surface area contributed by atoms with Crippen molar-refractivity contribution in [2.75, 3.05) is 6.61 Å². The number of primary amides is 1. The highest BCUT2D eigenvalue weighted by molar-refractivity contribution is 7.15. The first kappa shape index (κ1) is 17.7. The van der Waals surface area contributed by atoms with Gasteiger partial charge in [0.25, 0.3) is 5.91 Å². The molecule has 2 N–H and O–H groups in total. The second-order valence-corrected chi connectivity index (χ2v) is 6.88. The highest BCUT2D eigenvalue weighted by Crippen LogP contribution is 2.37. The van der Waals surface area contributed by atoms with Crippen LogP contribution >= 0.6 is 11.3 Å². The standard InChI is InChI=1S/C16H17F2N3O3S/c1-8-20-7-13(25-8)11-6-12(14(19)22)21-15-10(11)3-2-9(24-15)4-5-23-16(17)18/h6-7,9,16H,2-5H2,1H3,(H2,19,22)/t9-/m1/s1. The van der Waals surface area contributed by atoms with E-state index < -0.39 is 12.5 Å². The molecule has 0 saturated heterocycles. The molecule has 1 aliphatic heterocycles. The van der Waals surface area contributed by atoms with E-state index in [4.69, 9.17) is 10.5 Å². The third-order valence-electron chi connectivity index (χ3n) is 3.90. The molecule has 25 heavy (non-hydrogen) atoms. The van der Waals surface area contributed by atoms with Crippen LogP contribution in [0.25, 0.3) is 10.4 Å².